The molecule has 6 nitrogen and oxygen atoms in total. The van der Waals surface area contributed by atoms with E-state index in [2.05, 4.69) is 43.4 Å². The van der Waals surface area contributed by atoms with E-state index in [1.807, 2.05) is 19.2 Å². The zero-order chi connectivity index (χ0) is 23.0. The molecule has 0 radical (unpaired) electrons. The monoisotopic (exact) mass is 576 g/mol. The number of hydrogen-bond acceptors (Lipinski definition) is 4. The zero-order valence-electron chi connectivity index (χ0n) is 19.0. The van der Waals surface area contributed by atoms with Gasteiger partial charge in [-0.25, -0.2) is 9.98 Å². The van der Waals surface area contributed by atoms with Crippen LogP contribution in [0.2, 0.25) is 0 Å². The van der Waals surface area contributed by atoms with Crippen molar-refractivity contribution in [1.82, 2.24) is 20.5 Å². The topological polar surface area (TPSA) is 55.8 Å². The second kappa shape index (κ2) is 13.0. The first kappa shape index (κ1) is 27.2. The molecule has 2 heterocycles. The van der Waals surface area contributed by atoms with E-state index in [9.17, 15) is 13.2 Å². The number of pyridine rings is 1. The summed E-state index contributed by atoms with van der Waals surface area (Å²) >= 11 is 0. The predicted octanol–water partition coefficient (Wildman–Crippen LogP) is 4.12. The van der Waals surface area contributed by atoms with Crippen molar-refractivity contribution in [2.24, 2.45) is 4.99 Å². The Morgan fingerprint density at radius 3 is 2.30 bits per heavy atom. The normalized spacial score (nSPS) is 15.2. The van der Waals surface area contributed by atoms with E-state index in [0.717, 1.165) is 61.8 Å². The third kappa shape index (κ3) is 8.33. The fourth-order valence-electron chi connectivity index (χ4n) is 3.53. The van der Waals surface area contributed by atoms with Crippen molar-refractivity contribution in [3.05, 3.63) is 59.3 Å². The van der Waals surface area contributed by atoms with Crippen molar-refractivity contribution in [2.45, 2.75) is 33.1 Å². The number of nitrogens with zero attached hydrogens (tertiary/aromatic N) is 4. The van der Waals surface area contributed by atoms with Crippen LogP contribution in [0.5, 0.6) is 0 Å². The molecule has 1 aromatic heterocycles. The number of aliphatic imine (C=N–C) groups is 1. The Morgan fingerprint density at radius 1 is 1.00 bits per heavy atom. The molecule has 10 heteroatoms. The van der Waals surface area contributed by atoms with Crippen molar-refractivity contribution in [3.8, 4) is 0 Å². The third-order valence-electron chi connectivity index (χ3n) is 5.46. The van der Waals surface area contributed by atoms with Crippen LogP contribution < -0.4 is 15.5 Å². The molecule has 2 aromatic rings. The summed E-state index contributed by atoms with van der Waals surface area (Å²) in [5.74, 6) is 1.58. The smallest absolute Gasteiger partial charge is 0.357 e. The molecule has 1 aliphatic rings. The lowest BCUT2D eigenvalue weighted by Gasteiger charge is -2.34. The van der Waals surface area contributed by atoms with E-state index in [1.165, 1.54) is 12.1 Å². The Kier molecular flexibility index (Phi) is 10.7. The molecule has 1 aliphatic heterocycles. The third-order valence-corrected chi connectivity index (χ3v) is 5.46. The molecular weight excluding hydrogens is 544 g/mol. The minimum absolute atomic E-state index is 0. The molecule has 33 heavy (non-hydrogen) atoms. The van der Waals surface area contributed by atoms with Gasteiger partial charge in [0.05, 0.1) is 12.1 Å². The first-order valence-electron chi connectivity index (χ1n) is 11.0. The molecule has 0 unspecified atom stereocenters. The Labute approximate surface area is 210 Å². The van der Waals surface area contributed by atoms with Gasteiger partial charge in [0.25, 0.3) is 0 Å². The molecule has 0 spiro atoms. The number of likely N-dealkylation sites (N-methyl/N-ethyl adjacent to an activating group) is 1. The Hall–Kier alpha value is -2.08. The fourth-order valence-corrected chi connectivity index (χ4v) is 3.53. The van der Waals surface area contributed by atoms with Gasteiger partial charge in [0.2, 0.25) is 0 Å². The molecule has 0 amide bonds. The van der Waals surface area contributed by atoms with Crippen molar-refractivity contribution < 1.29 is 13.2 Å². The minimum Gasteiger partial charge on any atom is -0.357 e. The molecule has 0 aliphatic carbocycles. The van der Waals surface area contributed by atoms with E-state index >= 15 is 0 Å². The number of nitrogens with one attached hydrogen (secondary N) is 2. The van der Waals surface area contributed by atoms with Gasteiger partial charge in [-0.3, -0.25) is 0 Å². The molecule has 2 N–H and O–H groups in total. The van der Waals surface area contributed by atoms with Gasteiger partial charge in [0.15, 0.2) is 5.96 Å². The lowest BCUT2D eigenvalue weighted by Crippen LogP contribution is -2.46. The maximum atomic E-state index is 12.7. The fraction of sp³-hybridized carbons (Fsp3) is 0.478. The summed E-state index contributed by atoms with van der Waals surface area (Å²) in [5, 5.41) is 6.36. The van der Waals surface area contributed by atoms with Gasteiger partial charge in [-0.1, -0.05) is 19.1 Å². The van der Waals surface area contributed by atoms with Crippen LogP contribution in [0.3, 0.4) is 0 Å². The molecule has 1 fully saturated rings. The highest BCUT2D eigenvalue weighted by Gasteiger charge is 2.29. The second-order valence-corrected chi connectivity index (χ2v) is 7.69. The highest BCUT2D eigenvalue weighted by atomic mass is 127. The summed E-state index contributed by atoms with van der Waals surface area (Å²) in [5.41, 5.74) is 1.16. The van der Waals surface area contributed by atoms with E-state index in [0.29, 0.717) is 25.6 Å². The molecule has 3 rings (SSSR count). The quantitative estimate of drug-likeness (QED) is 0.295. The van der Waals surface area contributed by atoms with Gasteiger partial charge in [0, 0.05) is 45.5 Å². The summed E-state index contributed by atoms with van der Waals surface area (Å²) in [7, 11) is 0. The van der Waals surface area contributed by atoms with E-state index in [-0.39, 0.29) is 24.0 Å². The highest BCUT2D eigenvalue weighted by Crippen LogP contribution is 2.29. The average Bonchev–Trinajstić information content (AvgIpc) is 2.81. The zero-order valence-corrected chi connectivity index (χ0v) is 21.4. The van der Waals surface area contributed by atoms with Crippen LogP contribution in [0, 0.1) is 0 Å². The summed E-state index contributed by atoms with van der Waals surface area (Å²) in [4.78, 5) is 13.9. The van der Waals surface area contributed by atoms with Crippen LogP contribution in [0.4, 0.5) is 19.0 Å². The number of benzene rings is 1. The number of alkyl halides is 3. The van der Waals surface area contributed by atoms with E-state index in [1.54, 1.807) is 0 Å². The van der Waals surface area contributed by atoms with Crippen molar-refractivity contribution >= 4 is 35.8 Å². The number of guanidine groups is 1. The van der Waals surface area contributed by atoms with Gasteiger partial charge < -0.3 is 20.4 Å². The molecular formula is C23H32F3IN6. The number of aromatic nitrogens is 1. The molecule has 1 aromatic carbocycles. The molecule has 0 atom stereocenters. The Balaban J connectivity index is 0.00000385. The number of hydrogen-bond donors (Lipinski definition) is 2. The van der Waals surface area contributed by atoms with Crippen LogP contribution in [0.25, 0.3) is 0 Å². The summed E-state index contributed by atoms with van der Waals surface area (Å²) < 4.78 is 38.2. The molecule has 182 valence electrons. The second-order valence-electron chi connectivity index (χ2n) is 7.69. The summed E-state index contributed by atoms with van der Waals surface area (Å²) in [6.07, 6.45) is -2.51. The standard InChI is InChI=1S/C23H31F3N6.HI/c1-3-27-22(29-16-18-5-7-20(8-6-18)23(24,25)26)30-17-19-9-10-28-21(15-19)32-13-11-31(4-2)12-14-32;/h5-10,15H,3-4,11-14,16-17H2,1-2H3,(H2,27,29,30);1H. The SMILES string of the molecule is CCNC(=NCc1ccnc(N2CCN(CC)CC2)c1)NCc1ccc(C(F)(F)F)cc1.I. The van der Waals surface area contributed by atoms with Gasteiger partial charge in [-0.05, 0) is 48.9 Å². The first-order chi connectivity index (χ1) is 15.4. The lowest BCUT2D eigenvalue weighted by atomic mass is 10.1. The molecule has 0 bridgehead atoms. The minimum atomic E-state index is -4.32. The average molecular weight is 576 g/mol. The number of anilines is 1. The van der Waals surface area contributed by atoms with Crippen molar-refractivity contribution in [2.75, 3.05) is 44.2 Å². The van der Waals surface area contributed by atoms with E-state index < -0.39 is 11.7 Å². The maximum Gasteiger partial charge on any atom is 0.416 e. The van der Waals surface area contributed by atoms with Crippen molar-refractivity contribution in [3.63, 3.8) is 0 Å². The van der Waals surface area contributed by atoms with Crippen molar-refractivity contribution in [1.29, 1.82) is 0 Å². The van der Waals surface area contributed by atoms with E-state index in [4.69, 9.17) is 0 Å². The Morgan fingerprint density at radius 2 is 1.70 bits per heavy atom. The maximum absolute atomic E-state index is 12.7. The molecule has 1 saturated heterocycles. The van der Waals surface area contributed by atoms with Crippen LogP contribution in [-0.2, 0) is 19.3 Å². The summed E-state index contributed by atoms with van der Waals surface area (Å²) in [6, 6.07) is 9.18. The van der Waals surface area contributed by atoms with Gasteiger partial charge >= 0.3 is 6.18 Å². The Bertz CT molecular complexity index is 881. The number of rotatable bonds is 7. The van der Waals surface area contributed by atoms with Gasteiger partial charge in [-0.15, -0.1) is 24.0 Å². The lowest BCUT2D eigenvalue weighted by molar-refractivity contribution is -0.137. The predicted molar refractivity (Wildman–Crippen MR) is 137 cm³/mol. The van der Waals surface area contributed by atoms with Crippen LogP contribution >= 0.6 is 24.0 Å². The highest BCUT2D eigenvalue weighted by molar-refractivity contribution is 14.0. The number of halogens is 4. The van der Waals surface area contributed by atoms with Crippen LogP contribution in [0.1, 0.15) is 30.5 Å². The van der Waals surface area contributed by atoms with Gasteiger partial charge in [0.1, 0.15) is 5.82 Å². The number of piperazine rings is 1. The first-order valence-corrected chi connectivity index (χ1v) is 11.0. The largest absolute Gasteiger partial charge is 0.416 e. The molecule has 0 saturated carbocycles. The van der Waals surface area contributed by atoms with Crippen LogP contribution in [0.15, 0.2) is 47.6 Å². The van der Waals surface area contributed by atoms with Gasteiger partial charge in [-0.2, -0.15) is 13.2 Å². The summed E-state index contributed by atoms with van der Waals surface area (Å²) in [6.45, 7) is 10.8. The van der Waals surface area contributed by atoms with Crippen LogP contribution in [-0.4, -0.2) is 55.1 Å².